The molecule has 0 saturated heterocycles. The molecule has 1 aromatic carbocycles. The number of nitrogens with two attached hydrogens (primary N) is 1. The van der Waals surface area contributed by atoms with Crippen molar-refractivity contribution in [3.63, 3.8) is 0 Å². The van der Waals surface area contributed by atoms with Crippen molar-refractivity contribution in [2.45, 2.75) is 26.3 Å². The largest absolute Gasteiger partial charge is 0.271 e. The van der Waals surface area contributed by atoms with Crippen LogP contribution in [0.5, 0.6) is 0 Å². The summed E-state index contributed by atoms with van der Waals surface area (Å²) in [6.07, 6.45) is 0.584. The van der Waals surface area contributed by atoms with E-state index in [1.165, 1.54) is 12.1 Å². The van der Waals surface area contributed by atoms with Gasteiger partial charge in [0.2, 0.25) is 0 Å². The van der Waals surface area contributed by atoms with Crippen molar-refractivity contribution in [3.05, 3.63) is 63.1 Å². The molecule has 5 heteroatoms. The van der Waals surface area contributed by atoms with Crippen LogP contribution >= 0.6 is 15.9 Å². The third-order valence-electron chi connectivity index (χ3n) is 3.27. The molecule has 0 radical (unpaired) electrons. The van der Waals surface area contributed by atoms with Gasteiger partial charge in [-0.05, 0) is 55.7 Å². The number of rotatable bonds is 4. The fourth-order valence-electron chi connectivity index (χ4n) is 2.24. The lowest BCUT2D eigenvalue weighted by atomic mass is 9.98. The first-order valence-electron chi connectivity index (χ1n) is 6.35. The molecule has 0 aliphatic heterocycles. The fraction of sp³-hybridized carbons (Fsp3) is 0.267. The van der Waals surface area contributed by atoms with Crippen LogP contribution in [0.3, 0.4) is 0 Å². The van der Waals surface area contributed by atoms with E-state index in [4.69, 9.17) is 5.84 Å². The Balaban J connectivity index is 2.31. The number of nitrogens with one attached hydrogen (secondary N) is 1. The van der Waals surface area contributed by atoms with Crippen LogP contribution in [-0.2, 0) is 6.42 Å². The van der Waals surface area contributed by atoms with Crippen molar-refractivity contribution in [1.29, 1.82) is 0 Å². The summed E-state index contributed by atoms with van der Waals surface area (Å²) in [6.45, 7) is 3.90. The number of hydrogen-bond acceptors (Lipinski definition) is 3. The number of hydrogen-bond donors (Lipinski definition) is 2. The summed E-state index contributed by atoms with van der Waals surface area (Å²) in [5, 5.41) is 0. The highest BCUT2D eigenvalue weighted by Gasteiger charge is 2.15. The van der Waals surface area contributed by atoms with Gasteiger partial charge in [-0.2, -0.15) is 0 Å². The molecule has 0 aliphatic rings. The van der Waals surface area contributed by atoms with Gasteiger partial charge >= 0.3 is 0 Å². The number of nitrogens with zero attached hydrogens (tertiary/aromatic N) is 1. The minimum Gasteiger partial charge on any atom is -0.271 e. The zero-order valence-corrected chi connectivity index (χ0v) is 13.0. The van der Waals surface area contributed by atoms with Crippen LogP contribution in [0.2, 0.25) is 0 Å². The SMILES string of the molecule is Cc1ccc(C(Cc2cc(F)ccc2Br)NN)c(C)n1. The molecule has 0 fully saturated rings. The Bertz CT molecular complexity index is 616. The van der Waals surface area contributed by atoms with E-state index >= 15 is 0 Å². The lowest BCUT2D eigenvalue weighted by molar-refractivity contribution is 0.542. The zero-order chi connectivity index (χ0) is 14.7. The normalized spacial score (nSPS) is 12.4. The van der Waals surface area contributed by atoms with Crippen molar-refractivity contribution >= 4 is 15.9 Å². The highest BCUT2D eigenvalue weighted by atomic mass is 79.9. The third-order valence-corrected chi connectivity index (χ3v) is 4.05. The Morgan fingerprint density at radius 1 is 1.30 bits per heavy atom. The summed E-state index contributed by atoms with van der Waals surface area (Å²) in [4.78, 5) is 4.44. The Kier molecular flexibility index (Phi) is 4.86. The van der Waals surface area contributed by atoms with Crippen molar-refractivity contribution < 1.29 is 4.39 Å². The van der Waals surface area contributed by atoms with Crippen molar-refractivity contribution in [3.8, 4) is 0 Å². The van der Waals surface area contributed by atoms with Crippen molar-refractivity contribution in [2.24, 2.45) is 5.84 Å². The van der Waals surface area contributed by atoms with Crippen molar-refractivity contribution in [2.75, 3.05) is 0 Å². The standard InChI is InChI=1S/C15H17BrFN3/c1-9-3-5-13(10(2)19-9)15(20-18)8-11-7-12(17)4-6-14(11)16/h3-7,15,20H,8,18H2,1-2H3. The van der Waals surface area contributed by atoms with Gasteiger partial charge in [0.05, 0.1) is 6.04 Å². The molecule has 0 saturated carbocycles. The van der Waals surface area contributed by atoms with Crippen LogP contribution in [0.25, 0.3) is 0 Å². The molecule has 0 aliphatic carbocycles. The maximum Gasteiger partial charge on any atom is 0.123 e. The molecule has 1 atom stereocenters. The molecule has 106 valence electrons. The summed E-state index contributed by atoms with van der Waals surface area (Å²) >= 11 is 3.44. The van der Waals surface area contributed by atoms with E-state index in [2.05, 4.69) is 26.3 Å². The summed E-state index contributed by atoms with van der Waals surface area (Å²) < 4.78 is 14.2. The lowest BCUT2D eigenvalue weighted by Crippen LogP contribution is -2.30. The average Bonchev–Trinajstić information content (AvgIpc) is 2.40. The number of benzene rings is 1. The van der Waals surface area contributed by atoms with E-state index in [1.807, 2.05) is 26.0 Å². The summed E-state index contributed by atoms with van der Waals surface area (Å²) in [5.41, 5.74) is 6.58. The molecule has 2 aromatic rings. The molecule has 2 rings (SSSR count). The molecule has 1 heterocycles. The maximum absolute atomic E-state index is 13.4. The van der Waals surface area contributed by atoms with E-state index in [0.717, 1.165) is 27.0 Å². The molecule has 0 amide bonds. The second-order valence-corrected chi connectivity index (χ2v) is 5.64. The van der Waals surface area contributed by atoms with Crippen LogP contribution in [0.15, 0.2) is 34.8 Å². The Labute approximate surface area is 126 Å². The van der Waals surface area contributed by atoms with Gasteiger partial charge in [0.1, 0.15) is 5.82 Å². The quantitative estimate of drug-likeness (QED) is 0.664. The zero-order valence-electron chi connectivity index (χ0n) is 11.5. The van der Waals surface area contributed by atoms with Crippen molar-refractivity contribution in [1.82, 2.24) is 10.4 Å². The predicted octanol–water partition coefficient (Wildman–Crippen LogP) is 3.35. The summed E-state index contributed by atoms with van der Waals surface area (Å²) in [5.74, 6) is 5.41. The Hall–Kier alpha value is -1.30. The van der Waals surface area contributed by atoms with Crippen LogP contribution in [0, 0.1) is 19.7 Å². The maximum atomic E-state index is 13.4. The van der Waals surface area contributed by atoms with E-state index in [-0.39, 0.29) is 11.9 Å². The van der Waals surface area contributed by atoms with Gasteiger partial charge in [0.25, 0.3) is 0 Å². The molecule has 0 bridgehead atoms. The number of hydrazine groups is 1. The molecule has 1 unspecified atom stereocenters. The van der Waals surface area contributed by atoms with Gasteiger partial charge in [-0.25, -0.2) is 4.39 Å². The molecule has 3 nitrogen and oxygen atoms in total. The van der Waals surface area contributed by atoms with Gasteiger partial charge in [0, 0.05) is 15.9 Å². The smallest absolute Gasteiger partial charge is 0.123 e. The van der Waals surface area contributed by atoms with E-state index in [1.54, 1.807) is 6.07 Å². The molecule has 0 spiro atoms. The van der Waals surface area contributed by atoms with Crippen LogP contribution in [0.1, 0.15) is 28.6 Å². The number of aromatic nitrogens is 1. The third kappa shape index (κ3) is 3.42. The first-order chi connectivity index (χ1) is 9.51. The number of aryl methyl sites for hydroxylation is 2. The predicted molar refractivity (Wildman–Crippen MR) is 81.6 cm³/mol. The second-order valence-electron chi connectivity index (χ2n) is 4.79. The molecule has 3 N–H and O–H groups in total. The summed E-state index contributed by atoms with van der Waals surface area (Å²) in [6, 6.07) is 8.50. The monoisotopic (exact) mass is 337 g/mol. The first kappa shape index (κ1) is 15.1. The van der Waals surface area contributed by atoms with Crippen LogP contribution in [0.4, 0.5) is 4.39 Å². The molecular formula is C15H17BrFN3. The highest BCUT2D eigenvalue weighted by molar-refractivity contribution is 9.10. The van der Waals surface area contributed by atoms with Crippen LogP contribution in [-0.4, -0.2) is 4.98 Å². The Morgan fingerprint density at radius 2 is 2.05 bits per heavy atom. The topological polar surface area (TPSA) is 50.9 Å². The lowest BCUT2D eigenvalue weighted by Gasteiger charge is -2.19. The minimum absolute atomic E-state index is 0.110. The van der Waals surface area contributed by atoms with Gasteiger partial charge in [0.15, 0.2) is 0 Å². The minimum atomic E-state index is -0.252. The van der Waals surface area contributed by atoms with E-state index < -0.39 is 0 Å². The van der Waals surface area contributed by atoms with E-state index in [9.17, 15) is 4.39 Å². The summed E-state index contributed by atoms with van der Waals surface area (Å²) in [7, 11) is 0. The fourth-order valence-corrected chi connectivity index (χ4v) is 2.65. The van der Waals surface area contributed by atoms with Gasteiger partial charge in [-0.1, -0.05) is 22.0 Å². The first-order valence-corrected chi connectivity index (χ1v) is 7.14. The second kappa shape index (κ2) is 6.43. The molecular weight excluding hydrogens is 321 g/mol. The van der Waals surface area contributed by atoms with Gasteiger partial charge in [-0.15, -0.1) is 0 Å². The highest BCUT2D eigenvalue weighted by Crippen LogP contribution is 2.25. The molecule has 1 aromatic heterocycles. The van der Waals surface area contributed by atoms with Gasteiger partial charge < -0.3 is 0 Å². The Morgan fingerprint density at radius 3 is 2.70 bits per heavy atom. The average molecular weight is 338 g/mol. The number of pyridine rings is 1. The number of halogens is 2. The van der Waals surface area contributed by atoms with Crippen LogP contribution < -0.4 is 11.3 Å². The van der Waals surface area contributed by atoms with Gasteiger partial charge in [-0.3, -0.25) is 16.3 Å². The molecule has 20 heavy (non-hydrogen) atoms. The van der Waals surface area contributed by atoms with E-state index in [0.29, 0.717) is 6.42 Å².